The van der Waals surface area contributed by atoms with Gasteiger partial charge in [-0.25, -0.2) is 0 Å². The Morgan fingerprint density at radius 1 is 1.12 bits per heavy atom. The molecule has 0 aromatic heterocycles. The Balaban J connectivity index is 2.63. The summed E-state index contributed by atoms with van der Waals surface area (Å²) in [5.41, 5.74) is 0. The second-order valence-corrected chi connectivity index (χ2v) is 5.06. The molecule has 1 aliphatic heterocycles. The van der Waals surface area contributed by atoms with Crippen LogP contribution in [0.4, 0.5) is 0 Å². The summed E-state index contributed by atoms with van der Waals surface area (Å²) >= 11 is 0. The predicted octanol–water partition coefficient (Wildman–Crippen LogP) is 1.06. The van der Waals surface area contributed by atoms with Gasteiger partial charge < -0.3 is 10.6 Å². The van der Waals surface area contributed by atoms with E-state index < -0.39 is 0 Å². The fourth-order valence-electron chi connectivity index (χ4n) is 1.92. The maximum atomic E-state index is 11.8. The average Bonchev–Trinajstić information content (AvgIpc) is 2.21. The molecule has 1 aliphatic rings. The van der Waals surface area contributed by atoms with E-state index >= 15 is 0 Å². The zero-order valence-electron chi connectivity index (χ0n) is 10.5. The molecule has 1 fully saturated rings. The molecule has 0 aromatic rings. The first-order valence-corrected chi connectivity index (χ1v) is 6.06. The second kappa shape index (κ2) is 5.32. The number of carbonyl (C=O) groups excluding carboxylic acids is 2. The molecule has 92 valence electrons. The minimum Gasteiger partial charge on any atom is -0.343 e. The maximum absolute atomic E-state index is 11.8. The Bertz CT molecular complexity index is 276. The van der Waals surface area contributed by atoms with Gasteiger partial charge in [0.05, 0.1) is 0 Å². The lowest BCUT2D eigenvalue weighted by atomic mass is 9.93. The van der Waals surface area contributed by atoms with Crippen molar-refractivity contribution >= 4 is 11.8 Å². The molecule has 1 heterocycles. The van der Waals surface area contributed by atoms with E-state index in [9.17, 15) is 9.59 Å². The smallest absolute Gasteiger partial charge is 0.243 e. The van der Waals surface area contributed by atoms with Crippen molar-refractivity contribution in [2.24, 2.45) is 11.8 Å². The van der Waals surface area contributed by atoms with Crippen molar-refractivity contribution < 1.29 is 9.59 Å². The number of carbonyl (C=O) groups is 2. The lowest BCUT2D eigenvalue weighted by Gasteiger charge is -2.33. The molecule has 0 spiro atoms. The number of hydrogen-bond donors (Lipinski definition) is 2. The van der Waals surface area contributed by atoms with E-state index in [2.05, 4.69) is 10.6 Å². The van der Waals surface area contributed by atoms with Gasteiger partial charge in [0.25, 0.3) is 0 Å². The van der Waals surface area contributed by atoms with Crippen LogP contribution in [0, 0.1) is 11.8 Å². The highest BCUT2D eigenvalue weighted by Gasteiger charge is 2.35. The summed E-state index contributed by atoms with van der Waals surface area (Å²) in [6.45, 7) is 8.08. The molecule has 1 saturated heterocycles. The predicted molar refractivity (Wildman–Crippen MR) is 62.8 cm³/mol. The average molecular weight is 226 g/mol. The van der Waals surface area contributed by atoms with Crippen LogP contribution in [0.25, 0.3) is 0 Å². The largest absolute Gasteiger partial charge is 0.343 e. The summed E-state index contributed by atoms with van der Waals surface area (Å²) in [5, 5.41) is 5.63. The lowest BCUT2D eigenvalue weighted by molar-refractivity contribution is -0.138. The van der Waals surface area contributed by atoms with Crippen LogP contribution >= 0.6 is 0 Å². The van der Waals surface area contributed by atoms with Crippen molar-refractivity contribution in [1.29, 1.82) is 0 Å². The van der Waals surface area contributed by atoms with E-state index in [0.29, 0.717) is 12.3 Å². The first kappa shape index (κ1) is 13.0. The molecule has 0 radical (unpaired) electrons. The number of rotatable bonds is 4. The van der Waals surface area contributed by atoms with Gasteiger partial charge in [0.15, 0.2) is 0 Å². The van der Waals surface area contributed by atoms with E-state index in [0.717, 1.165) is 6.42 Å². The summed E-state index contributed by atoms with van der Waals surface area (Å²) < 4.78 is 0. The van der Waals surface area contributed by atoms with Crippen molar-refractivity contribution in [3.05, 3.63) is 0 Å². The maximum Gasteiger partial charge on any atom is 0.243 e. The van der Waals surface area contributed by atoms with Crippen LogP contribution in [-0.2, 0) is 9.59 Å². The third kappa shape index (κ3) is 2.97. The fraction of sp³-hybridized carbons (Fsp3) is 0.833. The van der Waals surface area contributed by atoms with Crippen LogP contribution in [0.1, 0.15) is 40.5 Å². The molecule has 0 unspecified atom stereocenters. The van der Waals surface area contributed by atoms with Crippen LogP contribution in [0.5, 0.6) is 0 Å². The van der Waals surface area contributed by atoms with E-state index in [1.54, 1.807) is 0 Å². The fourth-order valence-corrected chi connectivity index (χ4v) is 1.92. The number of piperazine rings is 1. The van der Waals surface area contributed by atoms with Gasteiger partial charge in [-0.15, -0.1) is 0 Å². The molecule has 4 nitrogen and oxygen atoms in total. The van der Waals surface area contributed by atoms with Gasteiger partial charge in [-0.3, -0.25) is 9.59 Å². The topological polar surface area (TPSA) is 58.2 Å². The molecule has 0 saturated carbocycles. The molecule has 16 heavy (non-hydrogen) atoms. The van der Waals surface area contributed by atoms with Gasteiger partial charge in [-0.05, 0) is 18.3 Å². The van der Waals surface area contributed by atoms with Crippen molar-refractivity contribution in [2.45, 2.75) is 52.6 Å². The molecular weight excluding hydrogens is 204 g/mol. The van der Waals surface area contributed by atoms with E-state index in [-0.39, 0.29) is 29.8 Å². The highest BCUT2D eigenvalue weighted by Crippen LogP contribution is 2.14. The minimum absolute atomic E-state index is 0.0420. The number of hydrogen-bond acceptors (Lipinski definition) is 2. The Morgan fingerprint density at radius 3 is 2.25 bits per heavy atom. The third-order valence-electron chi connectivity index (χ3n) is 3.13. The number of amides is 2. The molecule has 4 heteroatoms. The summed E-state index contributed by atoms with van der Waals surface area (Å²) in [4.78, 5) is 23.6. The SMILES string of the molecule is CC[C@H](C)[C@H]1NC(=O)[C@H](CC(C)C)NC1=O. The summed E-state index contributed by atoms with van der Waals surface area (Å²) in [5.74, 6) is 0.498. The molecule has 0 aliphatic carbocycles. The van der Waals surface area contributed by atoms with Gasteiger partial charge in [0, 0.05) is 0 Å². The van der Waals surface area contributed by atoms with Crippen molar-refractivity contribution in [3.8, 4) is 0 Å². The first-order chi connectivity index (χ1) is 7.45. The molecule has 2 N–H and O–H groups in total. The normalized spacial score (nSPS) is 27.6. The van der Waals surface area contributed by atoms with E-state index in [1.807, 2.05) is 27.7 Å². The van der Waals surface area contributed by atoms with Gasteiger partial charge in [-0.2, -0.15) is 0 Å². The Hall–Kier alpha value is -1.06. The molecular formula is C12H22N2O2. The first-order valence-electron chi connectivity index (χ1n) is 6.06. The van der Waals surface area contributed by atoms with Gasteiger partial charge in [0.2, 0.25) is 11.8 Å². The van der Waals surface area contributed by atoms with Gasteiger partial charge in [-0.1, -0.05) is 34.1 Å². The minimum atomic E-state index is -0.360. The second-order valence-electron chi connectivity index (χ2n) is 5.06. The quantitative estimate of drug-likeness (QED) is 0.753. The monoisotopic (exact) mass is 226 g/mol. The van der Waals surface area contributed by atoms with Crippen molar-refractivity contribution in [3.63, 3.8) is 0 Å². The highest BCUT2D eigenvalue weighted by molar-refractivity contribution is 5.97. The standard InChI is InChI=1S/C12H22N2O2/c1-5-8(4)10-12(16)13-9(6-7(2)3)11(15)14-10/h7-10H,5-6H2,1-4H3,(H,13,16)(H,14,15)/t8-,9-,10+/m0/s1. The van der Waals surface area contributed by atoms with E-state index in [1.165, 1.54) is 0 Å². The van der Waals surface area contributed by atoms with Crippen LogP contribution in [0.2, 0.25) is 0 Å². The molecule has 0 bridgehead atoms. The van der Waals surface area contributed by atoms with Gasteiger partial charge >= 0.3 is 0 Å². The van der Waals surface area contributed by atoms with E-state index in [4.69, 9.17) is 0 Å². The molecule has 1 rings (SSSR count). The number of nitrogens with one attached hydrogen (secondary N) is 2. The Labute approximate surface area is 97.2 Å². The summed E-state index contributed by atoms with van der Waals surface area (Å²) in [7, 11) is 0. The van der Waals surface area contributed by atoms with Crippen LogP contribution in [0.3, 0.4) is 0 Å². The molecule has 0 aromatic carbocycles. The Kier molecular flexibility index (Phi) is 4.33. The van der Waals surface area contributed by atoms with Gasteiger partial charge in [0.1, 0.15) is 12.1 Å². The molecule has 3 atom stereocenters. The Morgan fingerprint density at radius 2 is 1.75 bits per heavy atom. The summed E-state index contributed by atoms with van der Waals surface area (Å²) in [6.07, 6.45) is 1.58. The van der Waals surface area contributed by atoms with Crippen LogP contribution in [0.15, 0.2) is 0 Å². The van der Waals surface area contributed by atoms with Crippen molar-refractivity contribution in [1.82, 2.24) is 10.6 Å². The van der Waals surface area contributed by atoms with Crippen molar-refractivity contribution in [2.75, 3.05) is 0 Å². The zero-order valence-corrected chi connectivity index (χ0v) is 10.5. The zero-order chi connectivity index (χ0) is 12.3. The third-order valence-corrected chi connectivity index (χ3v) is 3.13. The van der Waals surface area contributed by atoms with Crippen LogP contribution < -0.4 is 10.6 Å². The highest BCUT2D eigenvalue weighted by atomic mass is 16.2. The van der Waals surface area contributed by atoms with Crippen LogP contribution in [-0.4, -0.2) is 23.9 Å². The summed E-state index contributed by atoms with van der Waals surface area (Å²) in [6, 6.07) is -0.714. The molecule has 2 amide bonds. The lowest BCUT2D eigenvalue weighted by Crippen LogP contribution is -2.63.